The molecule has 29 heavy (non-hydrogen) atoms. The minimum Gasteiger partial charge on any atom is -0.497 e. The summed E-state index contributed by atoms with van der Waals surface area (Å²) in [5.41, 5.74) is 3.69. The molecule has 0 spiro atoms. The molecule has 4 aromatic rings. The smallest absolute Gasteiger partial charge is 0.251 e. The molecule has 1 N–H and O–H groups in total. The Morgan fingerprint density at radius 3 is 2.41 bits per heavy atom. The van der Waals surface area contributed by atoms with Crippen LogP contribution in [0, 0.1) is 0 Å². The number of nitrogens with zero attached hydrogens (tertiary/aromatic N) is 2. The van der Waals surface area contributed by atoms with E-state index in [0.29, 0.717) is 40.6 Å². The molecule has 0 aliphatic rings. The van der Waals surface area contributed by atoms with Gasteiger partial charge >= 0.3 is 0 Å². The summed E-state index contributed by atoms with van der Waals surface area (Å²) in [5, 5.41) is 2.90. The average molecular weight is 389 g/mol. The van der Waals surface area contributed by atoms with E-state index in [0.717, 1.165) is 11.1 Å². The van der Waals surface area contributed by atoms with Crippen LogP contribution < -0.4 is 14.8 Å². The highest BCUT2D eigenvalue weighted by Gasteiger charge is 2.11. The van der Waals surface area contributed by atoms with Crippen LogP contribution in [-0.4, -0.2) is 30.1 Å². The molecule has 0 radical (unpaired) electrons. The van der Waals surface area contributed by atoms with Gasteiger partial charge in [-0.15, -0.1) is 0 Å². The first kappa shape index (κ1) is 18.5. The number of hydrogen-bond donors (Lipinski definition) is 1. The van der Waals surface area contributed by atoms with Crippen molar-refractivity contribution in [3.05, 3.63) is 72.1 Å². The number of methoxy groups -OCH3 is 2. The molecular weight excluding hydrogens is 370 g/mol. The lowest BCUT2D eigenvalue weighted by molar-refractivity contribution is 0.0950. The molecule has 0 aliphatic carbocycles. The predicted octanol–water partition coefficient (Wildman–Crippen LogP) is 3.84. The summed E-state index contributed by atoms with van der Waals surface area (Å²) in [6.45, 7) is 0.385. The first-order chi connectivity index (χ1) is 14.2. The second-order valence-electron chi connectivity index (χ2n) is 6.34. The standard InChI is InChI=1S/C22H19N3O4/c1-27-17-9-16(10-18(11-17)28-2)21(26)24-12-14-3-5-15(6-4-14)22-25-19-13-23-8-7-20(19)29-22/h3-11,13H,12H2,1-2H3,(H,24,26). The molecule has 2 aromatic carbocycles. The zero-order chi connectivity index (χ0) is 20.2. The largest absolute Gasteiger partial charge is 0.497 e. The van der Waals surface area contributed by atoms with Gasteiger partial charge in [-0.3, -0.25) is 9.78 Å². The lowest BCUT2D eigenvalue weighted by Gasteiger charge is -2.09. The maximum Gasteiger partial charge on any atom is 0.251 e. The summed E-state index contributed by atoms with van der Waals surface area (Å²) < 4.78 is 16.2. The summed E-state index contributed by atoms with van der Waals surface area (Å²) in [6.07, 6.45) is 3.33. The number of nitrogens with one attached hydrogen (secondary N) is 1. The van der Waals surface area contributed by atoms with Gasteiger partial charge in [-0.25, -0.2) is 4.98 Å². The molecule has 2 aromatic heterocycles. The Morgan fingerprint density at radius 1 is 1.03 bits per heavy atom. The minimum absolute atomic E-state index is 0.210. The average Bonchev–Trinajstić information content (AvgIpc) is 3.21. The zero-order valence-corrected chi connectivity index (χ0v) is 16.0. The van der Waals surface area contributed by atoms with Gasteiger partial charge < -0.3 is 19.2 Å². The fourth-order valence-electron chi connectivity index (χ4n) is 2.89. The third-order valence-electron chi connectivity index (χ3n) is 4.46. The highest BCUT2D eigenvalue weighted by atomic mass is 16.5. The first-order valence-electron chi connectivity index (χ1n) is 8.97. The fourth-order valence-corrected chi connectivity index (χ4v) is 2.89. The van der Waals surface area contributed by atoms with Crippen molar-refractivity contribution < 1.29 is 18.7 Å². The predicted molar refractivity (Wildman–Crippen MR) is 108 cm³/mol. The summed E-state index contributed by atoms with van der Waals surface area (Å²) >= 11 is 0. The maximum atomic E-state index is 12.5. The number of amides is 1. The number of pyridine rings is 1. The Balaban J connectivity index is 1.44. The Hall–Kier alpha value is -3.87. The zero-order valence-electron chi connectivity index (χ0n) is 16.0. The highest BCUT2D eigenvalue weighted by Crippen LogP contribution is 2.24. The maximum absolute atomic E-state index is 12.5. The van der Waals surface area contributed by atoms with E-state index in [2.05, 4.69) is 15.3 Å². The second-order valence-corrected chi connectivity index (χ2v) is 6.34. The highest BCUT2D eigenvalue weighted by molar-refractivity contribution is 5.95. The summed E-state index contributed by atoms with van der Waals surface area (Å²) in [6, 6.07) is 14.5. The van der Waals surface area contributed by atoms with Gasteiger partial charge in [-0.05, 0) is 29.8 Å². The van der Waals surface area contributed by atoms with Crippen molar-refractivity contribution in [3.63, 3.8) is 0 Å². The van der Waals surface area contributed by atoms with E-state index in [1.807, 2.05) is 24.3 Å². The van der Waals surface area contributed by atoms with Crippen LogP contribution >= 0.6 is 0 Å². The number of fused-ring (bicyclic) bond motifs is 1. The van der Waals surface area contributed by atoms with E-state index < -0.39 is 0 Å². The quantitative estimate of drug-likeness (QED) is 0.539. The molecule has 0 saturated carbocycles. The SMILES string of the molecule is COc1cc(OC)cc(C(=O)NCc2ccc(-c3nc4cnccc4o3)cc2)c1. The number of aromatic nitrogens is 2. The molecule has 0 unspecified atom stereocenters. The van der Waals surface area contributed by atoms with Crippen LogP contribution in [0.1, 0.15) is 15.9 Å². The van der Waals surface area contributed by atoms with Gasteiger partial charge in [0.1, 0.15) is 17.0 Å². The van der Waals surface area contributed by atoms with Gasteiger partial charge in [0.2, 0.25) is 5.89 Å². The number of hydrogen-bond acceptors (Lipinski definition) is 6. The lowest BCUT2D eigenvalue weighted by Crippen LogP contribution is -2.22. The molecule has 146 valence electrons. The number of oxazole rings is 1. The van der Waals surface area contributed by atoms with Gasteiger partial charge in [0, 0.05) is 36.0 Å². The second kappa shape index (κ2) is 8.02. The molecule has 2 heterocycles. The molecule has 0 saturated heterocycles. The van der Waals surface area contributed by atoms with E-state index in [9.17, 15) is 4.79 Å². The summed E-state index contributed by atoms with van der Waals surface area (Å²) in [4.78, 5) is 21.0. The number of carbonyl (C=O) groups excluding carboxylic acids is 1. The summed E-state index contributed by atoms with van der Waals surface area (Å²) in [7, 11) is 3.09. The van der Waals surface area contributed by atoms with E-state index in [-0.39, 0.29) is 5.91 Å². The first-order valence-corrected chi connectivity index (χ1v) is 8.97. The van der Waals surface area contributed by atoms with Crippen LogP contribution in [0.25, 0.3) is 22.6 Å². The van der Waals surface area contributed by atoms with Gasteiger partial charge in [0.25, 0.3) is 5.91 Å². The van der Waals surface area contributed by atoms with Crippen molar-refractivity contribution in [2.24, 2.45) is 0 Å². The van der Waals surface area contributed by atoms with Crippen molar-refractivity contribution >= 4 is 17.0 Å². The van der Waals surface area contributed by atoms with Gasteiger partial charge in [-0.2, -0.15) is 0 Å². The van der Waals surface area contributed by atoms with Gasteiger partial charge in [0.05, 0.1) is 20.4 Å². The third kappa shape index (κ3) is 4.03. The molecule has 0 atom stereocenters. The van der Waals surface area contributed by atoms with Crippen LogP contribution in [0.4, 0.5) is 0 Å². The molecule has 4 rings (SSSR count). The van der Waals surface area contributed by atoms with E-state index in [1.54, 1.807) is 50.9 Å². The topological polar surface area (TPSA) is 86.5 Å². The van der Waals surface area contributed by atoms with Crippen molar-refractivity contribution in [1.82, 2.24) is 15.3 Å². The molecule has 7 nitrogen and oxygen atoms in total. The molecule has 0 aliphatic heterocycles. The van der Waals surface area contributed by atoms with Crippen molar-refractivity contribution in [2.45, 2.75) is 6.54 Å². The number of carbonyl (C=O) groups is 1. The van der Waals surface area contributed by atoms with Crippen LogP contribution in [0.15, 0.2) is 65.3 Å². The number of rotatable bonds is 6. The monoisotopic (exact) mass is 389 g/mol. The van der Waals surface area contributed by atoms with Crippen LogP contribution in [-0.2, 0) is 6.54 Å². The van der Waals surface area contributed by atoms with Crippen LogP contribution in [0.3, 0.4) is 0 Å². The Kier molecular flexibility index (Phi) is 5.11. The number of benzene rings is 2. The van der Waals surface area contributed by atoms with E-state index >= 15 is 0 Å². The van der Waals surface area contributed by atoms with Crippen molar-refractivity contribution in [1.29, 1.82) is 0 Å². The Labute approximate surface area is 167 Å². The number of ether oxygens (including phenoxy) is 2. The molecule has 0 bridgehead atoms. The molecular formula is C22H19N3O4. The minimum atomic E-state index is -0.210. The Bertz CT molecular complexity index is 1100. The molecule has 0 fully saturated rings. The van der Waals surface area contributed by atoms with Crippen molar-refractivity contribution in [3.8, 4) is 23.0 Å². The van der Waals surface area contributed by atoms with Gasteiger partial charge in [-0.1, -0.05) is 12.1 Å². The Morgan fingerprint density at radius 2 is 1.76 bits per heavy atom. The van der Waals surface area contributed by atoms with E-state index in [1.165, 1.54) is 0 Å². The van der Waals surface area contributed by atoms with Gasteiger partial charge in [0.15, 0.2) is 5.58 Å². The summed E-state index contributed by atoms with van der Waals surface area (Å²) in [5.74, 6) is 1.45. The van der Waals surface area contributed by atoms with E-state index in [4.69, 9.17) is 13.9 Å². The molecule has 1 amide bonds. The third-order valence-corrected chi connectivity index (χ3v) is 4.46. The fraction of sp³-hybridized carbons (Fsp3) is 0.136. The van der Waals surface area contributed by atoms with Crippen LogP contribution in [0.5, 0.6) is 11.5 Å². The lowest BCUT2D eigenvalue weighted by atomic mass is 10.1. The van der Waals surface area contributed by atoms with Crippen LogP contribution in [0.2, 0.25) is 0 Å². The molecule has 7 heteroatoms. The normalized spacial score (nSPS) is 10.7. The van der Waals surface area contributed by atoms with Crippen molar-refractivity contribution in [2.75, 3.05) is 14.2 Å².